The van der Waals surface area contributed by atoms with Crippen LogP contribution in [-0.4, -0.2) is 19.2 Å². The molecule has 124 valence electrons. The molecule has 1 aromatic rings. The van der Waals surface area contributed by atoms with Gasteiger partial charge in [-0.1, -0.05) is 54.5 Å². The van der Waals surface area contributed by atoms with E-state index in [4.69, 9.17) is 4.28 Å². The molecule has 0 bridgehead atoms. The van der Waals surface area contributed by atoms with Crippen LogP contribution < -0.4 is 0 Å². The molecule has 0 saturated carbocycles. The van der Waals surface area contributed by atoms with Gasteiger partial charge in [0, 0.05) is 5.57 Å². The summed E-state index contributed by atoms with van der Waals surface area (Å²) in [4.78, 5) is 0. The highest BCUT2D eigenvalue weighted by atomic mass is 32.2. The van der Waals surface area contributed by atoms with E-state index >= 15 is 0 Å². The highest BCUT2D eigenvalue weighted by molar-refractivity contribution is 8.17. The fourth-order valence-corrected chi connectivity index (χ4v) is 3.96. The summed E-state index contributed by atoms with van der Waals surface area (Å²) in [5.41, 5.74) is 4.24. The average Bonchev–Trinajstić information content (AvgIpc) is 2.99. The van der Waals surface area contributed by atoms with Crippen molar-refractivity contribution in [2.24, 2.45) is 5.16 Å². The smallest absolute Gasteiger partial charge is 0.267 e. The zero-order valence-electron chi connectivity index (χ0n) is 13.6. The minimum Gasteiger partial charge on any atom is -0.267 e. The fraction of sp³-hybridized carbons (Fsp3) is 0.353. The summed E-state index contributed by atoms with van der Waals surface area (Å²) in [6.07, 6.45) is 3.31. The topological polar surface area (TPSA) is 55.7 Å². The highest BCUT2D eigenvalue weighted by Crippen LogP contribution is 2.32. The fourth-order valence-electron chi connectivity index (χ4n) is 2.25. The van der Waals surface area contributed by atoms with Gasteiger partial charge >= 0.3 is 10.1 Å². The third-order valence-electron chi connectivity index (χ3n) is 3.58. The Morgan fingerprint density at radius 3 is 2.74 bits per heavy atom. The van der Waals surface area contributed by atoms with Crippen molar-refractivity contribution in [3.05, 3.63) is 52.4 Å². The second-order valence-electron chi connectivity index (χ2n) is 5.36. The molecule has 1 aliphatic rings. The Bertz CT molecular complexity index is 762. The molecule has 0 fully saturated rings. The van der Waals surface area contributed by atoms with E-state index in [-0.39, 0.29) is 5.75 Å². The Morgan fingerprint density at radius 1 is 1.30 bits per heavy atom. The van der Waals surface area contributed by atoms with Crippen molar-refractivity contribution in [3.8, 4) is 0 Å². The van der Waals surface area contributed by atoms with Gasteiger partial charge in [0.2, 0.25) is 0 Å². The van der Waals surface area contributed by atoms with Crippen LogP contribution in [-0.2, 0) is 14.4 Å². The van der Waals surface area contributed by atoms with Gasteiger partial charge in [-0.2, -0.15) is 8.42 Å². The van der Waals surface area contributed by atoms with Crippen molar-refractivity contribution in [3.63, 3.8) is 0 Å². The van der Waals surface area contributed by atoms with Gasteiger partial charge in [-0.25, -0.2) is 0 Å². The number of benzene rings is 1. The van der Waals surface area contributed by atoms with Crippen LogP contribution in [0.3, 0.4) is 0 Å². The zero-order chi connectivity index (χ0) is 16.9. The van der Waals surface area contributed by atoms with E-state index in [1.807, 2.05) is 56.5 Å². The number of thioether (sulfide) groups is 1. The van der Waals surface area contributed by atoms with Crippen LogP contribution in [0.1, 0.15) is 37.8 Å². The molecule has 4 nitrogen and oxygen atoms in total. The van der Waals surface area contributed by atoms with Gasteiger partial charge in [0.05, 0.1) is 5.75 Å². The molecule has 0 atom stereocenters. The van der Waals surface area contributed by atoms with E-state index in [1.54, 1.807) is 0 Å². The van der Waals surface area contributed by atoms with Crippen molar-refractivity contribution in [1.29, 1.82) is 0 Å². The molecular weight excluding hydrogens is 330 g/mol. The van der Waals surface area contributed by atoms with E-state index in [0.717, 1.165) is 23.1 Å². The molecule has 0 unspecified atom stereocenters. The van der Waals surface area contributed by atoms with Crippen molar-refractivity contribution in [2.45, 2.75) is 33.6 Å². The molecule has 0 aliphatic carbocycles. The first kappa shape index (κ1) is 17.8. The quantitative estimate of drug-likeness (QED) is 0.709. The molecule has 1 heterocycles. The number of nitrogens with zero attached hydrogens (tertiary/aromatic N) is 1. The van der Waals surface area contributed by atoms with E-state index in [0.29, 0.717) is 11.5 Å². The molecule has 0 saturated heterocycles. The molecule has 0 aromatic heterocycles. The van der Waals surface area contributed by atoms with Gasteiger partial charge in [0.1, 0.15) is 5.04 Å². The minimum atomic E-state index is -3.60. The van der Waals surface area contributed by atoms with Crippen molar-refractivity contribution >= 4 is 32.5 Å². The number of unbranched alkanes of at least 4 members (excludes halogenated alkanes) is 1. The van der Waals surface area contributed by atoms with E-state index < -0.39 is 10.1 Å². The molecule has 1 aromatic carbocycles. The molecule has 0 radical (unpaired) electrons. The summed E-state index contributed by atoms with van der Waals surface area (Å²) in [7, 11) is -3.60. The van der Waals surface area contributed by atoms with Gasteiger partial charge in [-0.15, -0.1) is 0 Å². The summed E-state index contributed by atoms with van der Waals surface area (Å²) in [5, 5.41) is 6.34. The lowest BCUT2D eigenvalue weighted by Gasteiger charge is -2.09. The molecule has 2 rings (SSSR count). The lowest BCUT2D eigenvalue weighted by molar-refractivity contribution is 0.339. The largest absolute Gasteiger partial charge is 0.328 e. The Kier molecular flexibility index (Phi) is 6.07. The van der Waals surface area contributed by atoms with Crippen molar-refractivity contribution < 1.29 is 12.7 Å². The van der Waals surface area contributed by atoms with Gasteiger partial charge in [0.25, 0.3) is 0 Å². The average molecular weight is 351 g/mol. The number of rotatable bonds is 6. The van der Waals surface area contributed by atoms with Gasteiger partial charge in [-0.05, 0) is 48.5 Å². The third-order valence-corrected chi connectivity index (χ3v) is 5.46. The minimum absolute atomic E-state index is 0.00576. The molecule has 0 N–H and O–H groups in total. The summed E-state index contributed by atoms with van der Waals surface area (Å²) in [5.74, 6) is -0.00576. The first-order chi connectivity index (χ1) is 10.9. The Morgan fingerprint density at radius 2 is 2.04 bits per heavy atom. The van der Waals surface area contributed by atoms with Crippen LogP contribution in [0.2, 0.25) is 0 Å². The van der Waals surface area contributed by atoms with Gasteiger partial charge in [-0.3, -0.25) is 4.28 Å². The molecular formula is C17H21NO3S2. The standard InChI is InChI=1S/C17H21NO3S2/c1-4-5-12-23(19,20)21-18-17-16(10-11-22-17)14(3)15-9-7-6-8-13(15)2/h6-11H,4-5,12H2,1-3H3/b16-14+,18-17-. The van der Waals surface area contributed by atoms with Crippen LogP contribution >= 0.6 is 11.8 Å². The van der Waals surface area contributed by atoms with Crippen LogP contribution in [0.4, 0.5) is 0 Å². The van der Waals surface area contributed by atoms with Gasteiger partial charge < -0.3 is 0 Å². The lowest BCUT2D eigenvalue weighted by atomic mass is 9.98. The summed E-state index contributed by atoms with van der Waals surface area (Å²) in [6.45, 7) is 5.99. The second kappa shape index (κ2) is 7.84. The SMILES string of the molecule is CCCCS(=O)(=O)O/N=C1\SC=C\C1=C(\C)c1ccccc1C. The maximum atomic E-state index is 11.8. The Labute approximate surface area is 142 Å². The molecule has 23 heavy (non-hydrogen) atoms. The summed E-state index contributed by atoms with van der Waals surface area (Å²) >= 11 is 1.37. The Hall–Kier alpha value is -1.53. The number of hydrogen-bond acceptors (Lipinski definition) is 5. The molecule has 0 spiro atoms. The number of hydrogen-bond donors (Lipinski definition) is 0. The first-order valence-electron chi connectivity index (χ1n) is 7.54. The van der Waals surface area contributed by atoms with E-state index in [1.165, 1.54) is 17.3 Å². The number of oxime groups is 1. The third kappa shape index (κ3) is 4.72. The van der Waals surface area contributed by atoms with Crippen LogP contribution in [0, 0.1) is 6.92 Å². The summed E-state index contributed by atoms with van der Waals surface area (Å²) in [6, 6.07) is 8.08. The molecule has 1 aliphatic heterocycles. The van der Waals surface area contributed by atoms with E-state index in [2.05, 4.69) is 5.16 Å². The maximum Gasteiger partial charge on any atom is 0.328 e. The first-order valence-corrected chi connectivity index (χ1v) is 10.00. The molecule has 0 amide bonds. The van der Waals surface area contributed by atoms with Crippen molar-refractivity contribution in [2.75, 3.05) is 5.75 Å². The number of aryl methyl sites for hydroxylation is 1. The lowest BCUT2D eigenvalue weighted by Crippen LogP contribution is -2.08. The second-order valence-corrected chi connectivity index (χ2v) is 7.93. The van der Waals surface area contributed by atoms with E-state index in [9.17, 15) is 8.42 Å². The number of allylic oxidation sites excluding steroid dienone is 2. The van der Waals surface area contributed by atoms with Crippen LogP contribution in [0.25, 0.3) is 5.57 Å². The van der Waals surface area contributed by atoms with Gasteiger partial charge in [0.15, 0.2) is 0 Å². The monoisotopic (exact) mass is 351 g/mol. The maximum absolute atomic E-state index is 11.8. The zero-order valence-corrected chi connectivity index (χ0v) is 15.2. The predicted octanol–water partition coefficient (Wildman–Crippen LogP) is 4.49. The van der Waals surface area contributed by atoms with Crippen molar-refractivity contribution in [1.82, 2.24) is 0 Å². The summed E-state index contributed by atoms with van der Waals surface area (Å²) < 4.78 is 28.4. The highest BCUT2D eigenvalue weighted by Gasteiger charge is 2.18. The van der Waals surface area contributed by atoms with Crippen LogP contribution in [0.5, 0.6) is 0 Å². The van der Waals surface area contributed by atoms with Crippen LogP contribution in [0.15, 0.2) is 46.5 Å². The predicted molar refractivity (Wildman–Crippen MR) is 97.7 cm³/mol. The molecule has 6 heteroatoms. The normalized spacial score (nSPS) is 18.5. The Balaban J connectivity index is 2.26.